The molecule has 0 aliphatic rings. The third-order valence-electron chi connectivity index (χ3n) is 3.29. The zero-order valence-electron chi connectivity index (χ0n) is 12.9. The first-order valence-electron chi connectivity index (χ1n) is 6.82. The first kappa shape index (κ1) is 15.7. The van der Waals surface area contributed by atoms with Crippen molar-refractivity contribution in [1.82, 2.24) is 4.90 Å². The monoisotopic (exact) mass is 263 g/mol. The maximum atomic E-state index is 12.2. The molecule has 0 N–H and O–H groups in total. The van der Waals surface area contributed by atoms with E-state index in [2.05, 4.69) is 32.0 Å². The SMILES string of the molecule is CCOC(=O)C(c1cc(C(C)C)ccc1C)N(C)C. The summed E-state index contributed by atoms with van der Waals surface area (Å²) in [6.07, 6.45) is 0. The lowest BCUT2D eigenvalue weighted by Crippen LogP contribution is -2.30. The van der Waals surface area contributed by atoms with Crippen LogP contribution in [-0.2, 0) is 9.53 Å². The molecule has 1 aromatic rings. The van der Waals surface area contributed by atoms with E-state index in [1.165, 1.54) is 5.56 Å². The normalized spacial score (nSPS) is 12.8. The molecule has 1 rings (SSSR count). The quantitative estimate of drug-likeness (QED) is 0.763. The van der Waals surface area contributed by atoms with Gasteiger partial charge in [0, 0.05) is 0 Å². The molecule has 19 heavy (non-hydrogen) atoms. The van der Waals surface area contributed by atoms with Crippen LogP contribution in [0.1, 0.15) is 49.4 Å². The topological polar surface area (TPSA) is 29.5 Å². The van der Waals surface area contributed by atoms with Crippen molar-refractivity contribution >= 4 is 5.97 Å². The molecule has 0 fully saturated rings. The Morgan fingerprint density at radius 3 is 2.42 bits per heavy atom. The summed E-state index contributed by atoms with van der Waals surface area (Å²) in [7, 11) is 3.81. The number of carbonyl (C=O) groups is 1. The third kappa shape index (κ3) is 3.80. The van der Waals surface area contributed by atoms with E-state index in [-0.39, 0.29) is 12.0 Å². The van der Waals surface area contributed by atoms with E-state index in [1.807, 2.05) is 32.8 Å². The smallest absolute Gasteiger partial charge is 0.327 e. The standard InChI is InChI=1S/C16H25NO2/c1-7-19-16(18)15(17(5)6)14-10-13(11(2)3)9-8-12(14)4/h8-11,15H,7H2,1-6H3. The third-order valence-corrected chi connectivity index (χ3v) is 3.29. The van der Waals surface area contributed by atoms with Gasteiger partial charge in [0.05, 0.1) is 6.61 Å². The molecule has 0 saturated heterocycles. The largest absolute Gasteiger partial charge is 0.465 e. The Bertz CT molecular complexity index is 438. The fourth-order valence-corrected chi connectivity index (χ4v) is 2.15. The number of likely N-dealkylation sites (N-methyl/N-ethyl adjacent to an activating group) is 1. The molecule has 106 valence electrons. The van der Waals surface area contributed by atoms with E-state index in [4.69, 9.17) is 4.74 Å². The lowest BCUT2D eigenvalue weighted by Gasteiger charge is -2.25. The van der Waals surface area contributed by atoms with Crippen LogP contribution in [0.5, 0.6) is 0 Å². The maximum absolute atomic E-state index is 12.2. The molecule has 0 radical (unpaired) electrons. The Morgan fingerprint density at radius 2 is 1.95 bits per heavy atom. The minimum Gasteiger partial charge on any atom is -0.465 e. The number of hydrogen-bond acceptors (Lipinski definition) is 3. The summed E-state index contributed by atoms with van der Waals surface area (Å²) in [5.41, 5.74) is 3.41. The van der Waals surface area contributed by atoms with Crippen molar-refractivity contribution in [2.45, 2.75) is 39.7 Å². The lowest BCUT2D eigenvalue weighted by molar-refractivity contribution is -0.148. The number of benzene rings is 1. The van der Waals surface area contributed by atoms with Gasteiger partial charge in [0.1, 0.15) is 6.04 Å². The Kier molecular flexibility index (Phi) is 5.55. The second-order valence-electron chi connectivity index (χ2n) is 5.39. The highest BCUT2D eigenvalue weighted by molar-refractivity contribution is 5.78. The van der Waals surface area contributed by atoms with Crippen LogP contribution in [0, 0.1) is 6.92 Å². The van der Waals surface area contributed by atoms with Gasteiger partial charge in [-0.1, -0.05) is 32.0 Å². The van der Waals surface area contributed by atoms with Crippen molar-refractivity contribution in [3.63, 3.8) is 0 Å². The van der Waals surface area contributed by atoms with Gasteiger partial charge in [-0.2, -0.15) is 0 Å². The molecule has 0 aliphatic carbocycles. The van der Waals surface area contributed by atoms with E-state index >= 15 is 0 Å². The highest BCUT2D eigenvalue weighted by Gasteiger charge is 2.26. The second kappa shape index (κ2) is 6.71. The first-order valence-corrected chi connectivity index (χ1v) is 6.82. The molecule has 1 atom stereocenters. The molecular weight excluding hydrogens is 238 g/mol. The fourth-order valence-electron chi connectivity index (χ4n) is 2.15. The van der Waals surface area contributed by atoms with Gasteiger partial charge < -0.3 is 4.74 Å². The molecule has 0 heterocycles. The van der Waals surface area contributed by atoms with Gasteiger partial charge in [-0.05, 0) is 50.6 Å². The van der Waals surface area contributed by atoms with Gasteiger partial charge >= 0.3 is 5.97 Å². The molecule has 1 unspecified atom stereocenters. The van der Waals surface area contributed by atoms with Crippen LogP contribution in [0.4, 0.5) is 0 Å². The molecule has 3 nitrogen and oxygen atoms in total. The number of carbonyl (C=O) groups excluding carboxylic acids is 1. The van der Waals surface area contributed by atoms with Gasteiger partial charge in [0.15, 0.2) is 0 Å². The fraction of sp³-hybridized carbons (Fsp3) is 0.562. The van der Waals surface area contributed by atoms with Gasteiger partial charge in [-0.3, -0.25) is 4.90 Å². The van der Waals surface area contributed by atoms with Crippen molar-refractivity contribution in [2.24, 2.45) is 0 Å². The summed E-state index contributed by atoms with van der Waals surface area (Å²) in [6, 6.07) is 6.00. The van der Waals surface area contributed by atoms with Crippen molar-refractivity contribution in [1.29, 1.82) is 0 Å². The van der Waals surface area contributed by atoms with Crippen LogP contribution in [0.3, 0.4) is 0 Å². The van der Waals surface area contributed by atoms with Crippen LogP contribution >= 0.6 is 0 Å². The predicted molar refractivity (Wildman–Crippen MR) is 78.3 cm³/mol. The van der Waals surface area contributed by atoms with Gasteiger partial charge in [0.2, 0.25) is 0 Å². The average Bonchev–Trinajstić information content (AvgIpc) is 2.31. The second-order valence-corrected chi connectivity index (χ2v) is 5.39. The van der Waals surface area contributed by atoms with E-state index in [9.17, 15) is 4.79 Å². The van der Waals surface area contributed by atoms with Crippen molar-refractivity contribution in [2.75, 3.05) is 20.7 Å². The number of esters is 1. The Morgan fingerprint density at radius 1 is 1.32 bits per heavy atom. The van der Waals surface area contributed by atoms with Crippen LogP contribution in [0.2, 0.25) is 0 Å². The van der Waals surface area contributed by atoms with Crippen molar-refractivity contribution in [3.05, 3.63) is 34.9 Å². The predicted octanol–water partition coefficient (Wildman–Crippen LogP) is 3.28. The van der Waals surface area contributed by atoms with Crippen molar-refractivity contribution < 1.29 is 9.53 Å². The molecule has 0 bridgehead atoms. The maximum Gasteiger partial charge on any atom is 0.327 e. The van der Waals surface area contributed by atoms with Crippen molar-refractivity contribution in [3.8, 4) is 0 Å². The Hall–Kier alpha value is -1.35. The van der Waals surface area contributed by atoms with Gasteiger partial charge in [0.25, 0.3) is 0 Å². The molecule has 0 amide bonds. The average molecular weight is 263 g/mol. The number of nitrogens with zero attached hydrogens (tertiary/aromatic N) is 1. The molecule has 3 heteroatoms. The molecule has 0 aliphatic heterocycles. The number of hydrogen-bond donors (Lipinski definition) is 0. The van der Waals surface area contributed by atoms with Crippen LogP contribution in [0.15, 0.2) is 18.2 Å². The molecule has 0 aromatic heterocycles. The highest BCUT2D eigenvalue weighted by atomic mass is 16.5. The zero-order chi connectivity index (χ0) is 14.6. The summed E-state index contributed by atoms with van der Waals surface area (Å²) in [6.45, 7) is 8.59. The minimum atomic E-state index is -0.335. The van der Waals surface area contributed by atoms with E-state index in [1.54, 1.807) is 0 Å². The van der Waals surface area contributed by atoms with Crippen LogP contribution < -0.4 is 0 Å². The number of ether oxygens (including phenoxy) is 1. The minimum absolute atomic E-state index is 0.184. The summed E-state index contributed by atoms with van der Waals surface area (Å²) in [4.78, 5) is 14.1. The van der Waals surface area contributed by atoms with Crippen LogP contribution in [0.25, 0.3) is 0 Å². The van der Waals surface area contributed by atoms with Crippen LogP contribution in [-0.4, -0.2) is 31.6 Å². The lowest BCUT2D eigenvalue weighted by atomic mass is 9.93. The van der Waals surface area contributed by atoms with Gasteiger partial charge in [-0.25, -0.2) is 4.79 Å². The zero-order valence-corrected chi connectivity index (χ0v) is 12.9. The molecule has 1 aromatic carbocycles. The Labute approximate surface area is 116 Å². The highest BCUT2D eigenvalue weighted by Crippen LogP contribution is 2.27. The van der Waals surface area contributed by atoms with E-state index in [0.717, 1.165) is 11.1 Å². The van der Waals surface area contributed by atoms with E-state index < -0.39 is 0 Å². The molecule has 0 saturated carbocycles. The molecular formula is C16H25NO2. The van der Waals surface area contributed by atoms with E-state index in [0.29, 0.717) is 12.5 Å². The summed E-state index contributed by atoms with van der Waals surface area (Å²) >= 11 is 0. The molecule has 0 spiro atoms. The first-order chi connectivity index (χ1) is 8.88. The van der Waals surface area contributed by atoms with Gasteiger partial charge in [-0.15, -0.1) is 0 Å². The Balaban J connectivity index is 3.22. The summed E-state index contributed by atoms with van der Waals surface area (Å²) in [5.74, 6) is 0.265. The number of aryl methyl sites for hydroxylation is 1. The summed E-state index contributed by atoms with van der Waals surface area (Å²) in [5, 5.41) is 0. The number of rotatable bonds is 5. The summed E-state index contributed by atoms with van der Waals surface area (Å²) < 4.78 is 5.19.